The minimum atomic E-state index is -0.106. The Morgan fingerprint density at radius 2 is 1.41 bits per heavy atom. The molecule has 1 heterocycles. The predicted molar refractivity (Wildman–Crippen MR) is 117 cm³/mol. The summed E-state index contributed by atoms with van der Waals surface area (Å²) in [5.74, 6) is -0.0738. The Morgan fingerprint density at radius 3 is 2.17 bits per heavy atom. The summed E-state index contributed by atoms with van der Waals surface area (Å²) in [5.41, 5.74) is 3.75. The van der Waals surface area contributed by atoms with E-state index in [1.807, 2.05) is 60.7 Å². The van der Waals surface area contributed by atoms with Gasteiger partial charge in [-0.15, -0.1) is 0 Å². The molecule has 3 heteroatoms. The van der Waals surface area contributed by atoms with Crippen molar-refractivity contribution in [2.24, 2.45) is 5.10 Å². The number of fused-ring (bicyclic) bond motifs is 1. The Hall–Kier alpha value is -3.72. The van der Waals surface area contributed by atoms with Crippen LogP contribution >= 0.6 is 0 Å². The van der Waals surface area contributed by atoms with Crippen molar-refractivity contribution in [3.63, 3.8) is 0 Å². The minimum Gasteiger partial charge on any atom is -0.267 e. The molecule has 5 rings (SSSR count). The van der Waals surface area contributed by atoms with Gasteiger partial charge in [0.2, 0.25) is 0 Å². The number of carbonyl (C=O) groups is 1. The Kier molecular flexibility index (Phi) is 4.41. The van der Waals surface area contributed by atoms with Gasteiger partial charge in [0.25, 0.3) is 5.91 Å². The molecule has 0 spiro atoms. The first-order valence-electron chi connectivity index (χ1n) is 9.80. The van der Waals surface area contributed by atoms with Gasteiger partial charge in [-0.2, -0.15) is 5.10 Å². The molecule has 4 aromatic rings. The molecular weight excluding hydrogens is 356 g/mol. The van der Waals surface area contributed by atoms with Crippen molar-refractivity contribution in [2.75, 3.05) is 0 Å². The fourth-order valence-electron chi connectivity index (χ4n) is 3.89. The number of rotatable bonds is 3. The Morgan fingerprint density at radius 1 is 0.759 bits per heavy atom. The highest BCUT2D eigenvalue weighted by atomic mass is 16.2. The third kappa shape index (κ3) is 3.32. The largest absolute Gasteiger partial charge is 0.274 e. The molecule has 1 atom stereocenters. The average Bonchev–Trinajstić information content (AvgIpc) is 3.25. The van der Waals surface area contributed by atoms with E-state index in [1.165, 1.54) is 10.8 Å². The highest BCUT2D eigenvalue weighted by Gasteiger charge is 2.33. The average molecular weight is 376 g/mol. The van der Waals surface area contributed by atoms with E-state index in [-0.39, 0.29) is 11.9 Å². The van der Waals surface area contributed by atoms with E-state index in [4.69, 9.17) is 5.10 Å². The molecule has 0 unspecified atom stereocenters. The molecule has 1 aliphatic rings. The van der Waals surface area contributed by atoms with E-state index in [0.717, 1.165) is 16.8 Å². The summed E-state index contributed by atoms with van der Waals surface area (Å²) < 4.78 is 0. The lowest BCUT2D eigenvalue weighted by Crippen LogP contribution is -2.27. The molecule has 0 radical (unpaired) electrons. The van der Waals surface area contributed by atoms with Gasteiger partial charge < -0.3 is 0 Å². The van der Waals surface area contributed by atoms with Crippen LogP contribution < -0.4 is 0 Å². The van der Waals surface area contributed by atoms with Crippen LogP contribution in [0.4, 0.5) is 0 Å². The maximum Gasteiger partial charge on any atom is 0.274 e. The molecule has 140 valence electrons. The summed E-state index contributed by atoms with van der Waals surface area (Å²) in [6.45, 7) is 0. The summed E-state index contributed by atoms with van der Waals surface area (Å²) >= 11 is 0. The SMILES string of the molecule is O=C(c1ccccc1)N1N=C(c2ccc3ccccc3c2)C[C@@H]1c1ccccc1. The number of nitrogens with zero attached hydrogens (tertiary/aromatic N) is 2. The topological polar surface area (TPSA) is 32.7 Å². The van der Waals surface area contributed by atoms with Crippen LogP contribution in [0.25, 0.3) is 10.8 Å². The fraction of sp³-hybridized carbons (Fsp3) is 0.0769. The number of hydrogen-bond donors (Lipinski definition) is 0. The third-order valence-electron chi connectivity index (χ3n) is 5.41. The Bertz CT molecular complexity index is 1200. The van der Waals surface area contributed by atoms with Crippen LogP contribution in [0.2, 0.25) is 0 Å². The van der Waals surface area contributed by atoms with Crippen molar-refractivity contribution < 1.29 is 4.79 Å². The number of benzene rings is 4. The summed E-state index contributed by atoms with van der Waals surface area (Å²) in [4.78, 5) is 13.2. The monoisotopic (exact) mass is 376 g/mol. The van der Waals surface area contributed by atoms with E-state index in [2.05, 4.69) is 42.5 Å². The number of carbonyl (C=O) groups excluding carboxylic acids is 1. The molecule has 0 fully saturated rings. The zero-order valence-electron chi connectivity index (χ0n) is 15.9. The number of hydrazone groups is 1. The van der Waals surface area contributed by atoms with Crippen LogP contribution in [0, 0.1) is 0 Å². The first kappa shape index (κ1) is 17.4. The van der Waals surface area contributed by atoms with Crippen LogP contribution in [0.3, 0.4) is 0 Å². The molecule has 0 saturated carbocycles. The summed E-state index contributed by atoms with van der Waals surface area (Å²) in [6, 6.07) is 34.1. The highest BCUT2D eigenvalue weighted by molar-refractivity contribution is 6.06. The van der Waals surface area contributed by atoms with Gasteiger partial charge in [0.1, 0.15) is 0 Å². The molecule has 0 N–H and O–H groups in total. The lowest BCUT2D eigenvalue weighted by molar-refractivity contribution is 0.0711. The van der Waals surface area contributed by atoms with Crippen LogP contribution in [0.5, 0.6) is 0 Å². The van der Waals surface area contributed by atoms with Crippen molar-refractivity contribution in [3.05, 3.63) is 120 Å². The lowest BCUT2D eigenvalue weighted by Gasteiger charge is -2.22. The maximum absolute atomic E-state index is 13.2. The van der Waals surface area contributed by atoms with E-state index < -0.39 is 0 Å². The Balaban J connectivity index is 1.56. The molecule has 3 nitrogen and oxygen atoms in total. The molecule has 0 saturated heterocycles. The molecule has 0 aliphatic carbocycles. The second-order valence-electron chi connectivity index (χ2n) is 7.25. The van der Waals surface area contributed by atoms with Crippen molar-refractivity contribution >= 4 is 22.4 Å². The molecular formula is C26H20N2O. The van der Waals surface area contributed by atoms with E-state index in [1.54, 1.807) is 5.01 Å². The molecule has 1 aliphatic heterocycles. The van der Waals surface area contributed by atoms with E-state index in [0.29, 0.717) is 12.0 Å². The van der Waals surface area contributed by atoms with Crippen molar-refractivity contribution in [2.45, 2.75) is 12.5 Å². The first-order valence-corrected chi connectivity index (χ1v) is 9.80. The smallest absolute Gasteiger partial charge is 0.267 e. The normalized spacial score (nSPS) is 16.1. The zero-order chi connectivity index (χ0) is 19.6. The van der Waals surface area contributed by atoms with Gasteiger partial charge in [-0.1, -0.05) is 84.9 Å². The van der Waals surface area contributed by atoms with Gasteiger partial charge in [0, 0.05) is 12.0 Å². The Labute approximate surface area is 169 Å². The summed E-state index contributed by atoms with van der Waals surface area (Å²) in [5, 5.41) is 8.83. The summed E-state index contributed by atoms with van der Waals surface area (Å²) in [7, 11) is 0. The van der Waals surface area contributed by atoms with Crippen molar-refractivity contribution in [1.29, 1.82) is 0 Å². The standard InChI is InChI=1S/C26H20N2O/c29-26(21-12-5-2-6-13-21)28-25(20-10-3-1-4-11-20)18-24(27-28)23-16-15-19-9-7-8-14-22(19)17-23/h1-17,25H,18H2/t25-/m1/s1. The van der Waals surface area contributed by atoms with Gasteiger partial charge in [-0.25, -0.2) is 5.01 Å². The highest BCUT2D eigenvalue weighted by Crippen LogP contribution is 2.34. The van der Waals surface area contributed by atoms with Crippen LogP contribution in [-0.4, -0.2) is 16.6 Å². The van der Waals surface area contributed by atoms with Crippen LogP contribution in [0.1, 0.15) is 33.9 Å². The van der Waals surface area contributed by atoms with Gasteiger partial charge in [0.05, 0.1) is 11.8 Å². The molecule has 29 heavy (non-hydrogen) atoms. The number of hydrogen-bond acceptors (Lipinski definition) is 2. The predicted octanol–water partition coefficient (Wildman–Crippen LogP) is 5.83. The molecule has 1 amide bonds. The first-order chi connectivity index (χ1) is 14.3. The molecule has 0 bridgehead atoms. The van der Waals surface area contributed by atoms with Crippen molar-refractivity contribution in [1.82, 2.24) is 5.01 Å². The molecule has 4 aromatic carbocycles. The van der Waals surface area contributed by atoms with Crippen LogP contribution in [-0.2, 0) is 0 Å². The van der Waals surface area contributed by atoms with E-state index >= 15 is 0 Å². The third-order valence-corrected chi connectivity index (χ3v) is 5.41. The van der Waals surface area contributed by atoms with E-state index in [9.17, 15) is 4.79 Å². The number of amides is 1. The second kappa shape index (κ2) is 7.36. The van der Waals surface area contributed by atoms with Gasteiger partial charge >= 0.3 is 0 Å². The zero-order valence-corrected chi connectivity index (χ0v) is 15.9. The van der Waals surface area contributed by atoms with Gasteiger partial charge in [-0.3, -0.25) is 4.79 Å². The van der Waals surface area contributed by atoms with Crippen LogP contribution in [0.15, 0.2) is 108 Å². The summed E-state index contributed by atoms with van der Waals surface area (Å²) in [6.07, 6.45) is 0.695. The van der Waals surface area contributed by atoms with Gasteiger partial charge in [-0.05, 0) is 40.1 Å². The lowest BCUT2D eigenvalue weighted by atomic mass is 9.97. The van der Waals surface area contributed by atoms with Crippen molar-refractivity contribution in [3.8, 4) is 0 Å². The quantitative estimate of drug-likeness (QED) is 0.443. The second-order valence-corrected chi connectivity index (χ2v) is 7.25. The van der Waals surface area contributed by atoms with Gasteiger partial charge in [0.15, 0.2) is 0 Å². The fourth-order valence-corrected chi connectivity index (χ4v) is 3.89. The minimum absolute atomic E-state index is 0.0738. The maximum atomic E-state index is 13.2. The molecule has 0 aromatic heterocycles.